The number of hydrogen-bond acceptors (Lipinski definition) is 8. The van der Waals surface area contributed by atoms with Crippen molar-refractivity contribution < 1.29 is 4.79 Å². The Morgan fingerprint density at radius 2 is 1.71 bits per heavy atom. The van der Waals surface area contributed by atoms with Gasteiger partial charge in [0, 0.05) is 56.8 Å². The van der Waals surface area contributed by atoms with Crippen LogP contribution in [0.5, 0.6) is 0 Å². The quantitative estimate of drug-likeness (QED) is 0.524. The predicted octanol–water partition coefficient (Wildman–Crippen LogP) is 3.03. The maximum absolute atomic E-state index is 12.6. The summed E-state index contributed by atoms with van der Waals surface area (Å²) in [6.45, 7) is 4.25. The van der Waals surface area contributed by atoms with Crippen LogP contribution in [0.15, 0.2) is 24.3 Å². The Kier molecular flexibility index (Phi) is 9.55. The molecule has 1 saturated heterocycles. The van der Waals surface area contributed by atoms with Crippen molar-refractivity contribution in [2.24, 2.45) is 5.92 Å². The number of piperazine rings is 1. The van der Waals surface area contributed by atoms with Crippen molar-refractivity contribution in [2.45, 2.75) is 38.3 Å². The van der Waals surface area contributed by atoms with Gasteiger partial charge in [-0.05, 0) is 44.4 Å². The van der Waals surface area contributed by atoms with Crippen LogP contribution in [0.4, 0.5) is 17.8 Å². The molecule has 0 radical (unpaired) electrons. The first-order chi connectivity index (χ1) is 16.0. The number of rotatable bonds is 7. The monoisotopic (exact) mass is 508 g/mol. The van der Waals surface area contributed by atoms with Crippen molar-refractivity contribution in [2.75, 3.05) is 55.8 Å². The summed E-state index contributed by atoms with van der Waals surface area (Å²) in [6, 6.07) is 7.84. The van der Waals surface area contributed by atoms with E-state index >= 15 is 0 Å². The molecule has 0 bridgehead atoms. The van der Waals surface area contributed by atoms with Crippen molar-refractivity contribution in [1.82, 2.24) is 25.2 Å². The van der Waals surface area contributed by atoms with Gasteiger partial charge in [-0.25, -0.2) is 0 Å². The molecule has 3 N–H and O–H groups in total. The Morgan fingerprint density at radius 3 is 2.38 bits per heavy atom. The summed E-state index contributed by atoms with van der Waals surface area (Å²) in [6.07, 6.45) is 3.46. The molecule has 1 aliphatic carbocycles. The molecule has 1 saturated carbocycles. The molecule has 4 rings (SSSR count). The third-order valence-corrected chi connectivity index (χ3v) is 6.84. The van der Waals surface area contributed by atoms with E-state index in [1.165, 1.54) is 0 Å². The zero-order valence-electron chi connectivity index (χ0n) is 19.8. The fraction of sp³-hybridized carbons (Fsp3) is 0.565. The second-order valence-electron chi connectivity index (χ2n) is 8.83. The average molecular weight is 509 g/mol. The molecule has 1 aromatic carbocycles. The molecule has 11 heteroatoms. The van der Waals surface area contributed by atoms with Crippen molar-refractivity contribution in [1.29, 1.82) is 0 Å². The lowest BCUT2D eigenvalue weighted by atomic mass is 9.85. The smallest absolute Gasteiger partial charge is 0.232 e. The average Bonchev–Trinajstić information content (AvgIpc) is 2.84. The Hall–Kier alpha value is -2.36. The Balaban J connectivity index is 0.00000324. The van der Waals surface area contributed by atoms with Crippen molar-refractivity contribution in [3.63, 3.8) is 0 Å². The molecule has 0 unspecified atom stereocenters. The first-order valence-corrected chi connectivity index (χ1v) is 12.0. The predicted molar refractivity (Wildman–Crippen MR) is 139 cm³/mol. The standard InChI is InChI=1S/C23H33ClN8O.ClH/c1-25-21-28-22(30-23(29-21)32-13-11-31(2)12-14-32)27-18-9-7-16(8-10-18)20(33)26-15-17-5-3-4-6-19(17)24;/h3-6,16,18H,7-15H2,1-2H3,(H,26,33)(H2,25,27,28,29,30);1H/t16-,18+;. The highest BCUT2D eigenvalue weighted by atomic mass is 35.5. The van der Waals surface area contributed by atoms with Gasteiger partial charge in [-0.15, -0.1) is 12.4 Å². The van der Waals surface area contributed by atoms with E-state index in [0.717, 1.165) is 57.4 Å². The largest absolute Gasteiger partial charge is 0.357 e. The van der Waals surface area contributed by atoms with Gasteiger partial charge in [0.05, 0.1) is 0 Å². The summed E-state index contributed by atoms with van der Waals surface area (Å²) in [7, 11) is 3.95. The zero-order valence-corrected chi connectivity index (χ0v) is 21.3. The summed E-state index contributed by atoms with van der Waals surface area (Å²) >= 11 is 6.19. The second kappa shape index (κ2) is 12.4. The van der Waals surface area contributed by atoms with Gasteiger partial charge in [-0.1, -0.05) is 29.8 Å². The van der Waals surface area contributed by atoms with Gasteiger partial charge in [0.1, 0.15) is 0 Å². The highest BCUT2D eigenvalue weighted by Gasteiger charge is 2.27. The molecule has 2 aliphatic rings. The third-order valence-electron chi connectivity index (χ3n) is 6.48. The molecule has 1 aromatic heterocycles. The number of anilines is 3. The van der Waals surface area contributed by atoms with Crippen LogP contribution < -0.4 is 20.9 Å². The molecule has 1 amide bonds. The highest BCUT2D eigenvalue weighted by molar-refractivity contribution is 6.31. The Bertz CT molecular complexity index is 946. The fourth-order valence-corrected chi connectivity index (χ4v) is 4.54. The number of amides is 1. The summed E-state index contributed by atoms with van der Waals surface area (Å²) in [5.41, 5.74) is 0.939. The number of carbonyl (C=O) groups is 1. The fourth-order valence-electron chi connectivity index (χ4n) is 4.34. The molecule has 2 aromatic rings. The van der Waals surface area contributed by atoms with E-state index in [-0.39, 0.29) is 30.3 Å². The Labute approximate surface area is 212 Å². The SMILES string of the molecule is CNc1nc(N[C@H]2CC[C@@H](C(=O)NCc3ccccc3Cl)CC2)nc(N2CCN(C)CC2)n1.Cl. The lowest BCUT2D eigenvalue weighted by molar-refractivity contribution is -0.126. The molecule has 1 aliphatic heterocycles. The number of likely N-dealkylation sites (N-methyl/N-ethyl adjacent to an activating group) is 1. The zero-order chi connectivity index (χ0) is 23.2. The molecule has 9 nitrogen and oxygen atoms in total. The minimum absolute atomic E-state index is 0. The minimum atomic E-state index is 0. The Morgan fingerprint density at radius 1 is 1.03 bits per heavy atom. The molecule has 2 fully saturated rings. The van der Waals surface area contributed by atoms with E-state index in [9.17, 15) is 4.79 Å². The van der Waals surface area contributed by atoms with E-state index in [1.807, 2.05) is 31.3 Å². The van der Waals surface area contributed by atoms with Gasteiger partial charge in [0.2, 0.25) is 23.8 Å². The molecular weight excluding hydrogens is 475 g/mol. The summed E-state index contributed by atoms with van der Waals surface area (Å²) < 4.78 is 0. The molecule has 0 atom stereocenters. The second-order valence-corrected chi connectivity index (χ2v) is 9.23. The van der Waals surface area contributed by atoms with E-state index in [0.29, 0.717) is 29.4 Å². The summed E-state index contributed by atoms with van der Waals surface area (Å²) in [5.74, 6) is 1.99. The van der Waals surface area contributed by atoms with E-state index in [1.54, 1.807) is 0 Å². The molecule has 34 heavy (non-hydrogen) atoms. The van der Waals surface area contributed by atoms with Gasteiger partial charge in [0.25, 0.3) is 0 Å². The van der Waals surface area contributed by atoms with Crippen LogP contribution >= 0.6 is 24.0 Å². The number of benzene rings is 1. The lowest BCUT2D eigenvalue weighted by Crippen LogP contribution is -2.45. The van der Waals surface area contributed by atoms with Crippen LogP contribution in [0, 0.1) is 5.92 Å². The van der Waals surface area contributed by atoms with Crippen LogP contribution in [0.2, 0.25) is 5.02 Å². The normalized spacial score (nSPS) is 20.9. The van der Waals surface area contributed by atoms with E-state index in [4.69, 9.17) is 16.6 Å². The van der Waals surface area contributed by atoms with Crippen LogP contribution in [0.1, 0.15) is 31.2 Å². The van der Waals surface area contributed by atoms with Crippen molar-refractivity contribution >= 4 is 47.8 Å². The summed E-state index contributed by atoms with van der Waals surface area (Å²) in [4.78, 5) is 30.9. The maximum atomic E-state index is 12.6. The van der Waals surface area contributed by atoms with Gasteiger partial charge in [0.15, 0.2) is 0 Å². The van der Waals surface area contributed by atoms with Crippen molar-refractivity contribution in [3.05, 3.63) is 34.9 Å². The lowest BCUT2D eigenvalue weighted by Gasteiger charge is -2.33. The van der Waals surface area contributed by atoms with Crippen LogP contribution in [0.3, 0.4) is 0 Å². The van der Waals surface area contributed by atoms with E-state index in [2.05, 4.69) is 42.8 Å². The van der Waals surface area contributed by atoms with E-state index < -0.39 is 0 Å². The molecule has 2 heterocycles. The highest BCUT2D eigenvalue weighted by Crippen LogP contribution is 2.27. The van der Waals surface area contributed by atoms with Gasteiger partial charge >= 0.3 is 0 Å². The molecular formula is C23H34Cl2N8O. The van der Waals surface area contributed by atoms with Crippen LogP contribution in [-0.2, 0) is 11.3 Å². The van der Waals surface area contributed by atoms with Gasteiger partial charge in [-0.3, -0.25) is 4.79 Å². The van der Waals surface area contributed by atoms with Gasteiger partial charge in [-0.2, -0.15) is 15.0 Å². The minimum Gasteiger partial charge on any atom is -0.357 e. The first kappa shape index (κ1) is 26.2. The number of hydrogen-bond donors (Lipinski definition) is 3. The van der Waals surface area contributed by atoms with Crippen molar-refractivity contribution in [3.8, 4) is 0 Å². The van der Waals surface area contributed by atoms with Gasteiger partial charge < -0.3 is 25.8 Å². The maximum Gasteiger partial charge on any atom is 0.232 e. The number of nitrogens with one attached hydrogen (secondary N) is 3. The molecule has 186 valence electrons. The number of halogens is 2. The topological polar surface area (TPSA) is 98.3 Å². The van der Waals surface area contributed by atoms with Crippen LogP contribution in [0.25, 0.3) is 0 Å². The number of aromatic nitrogens is 3. The van der Waals surface area contributed by atoms with Crippen LogP contribution in [-0.4, -0.2) is 72.1 Å². The third kappa shape index (κ3) is 6.84. The number of nitrogens with zero attached hydrogens (tertiary/aromatic N) is 5. The summed E-state index contributed by atoms with van der Waals surface area (Å²) in [5, 5.41) is 10.2. The molecule has 0 spiro atoms. The number of carbonyl (C=O) groups excluding carboxylic acids is 1. The first-order valence-electron chi connectivity index (χ1n) is 11.7.